The number of unbranched alkanes of at least 4 members (excludes halogenated alkanes) is 1. The first-order chi connectivity index (χ1) is 41.6. The Balaban J connectivity index is 0.000000142. The van der Waals surface area contributed by atoms with Crippen molar-refractivity contribution in [3.8, 4) is 34.1 Å². The maximum atomic E-state index is 7.58. The molecule has 6 heteroatoms. The van der Waals surface area contributed by atoms with Gasteiger partial charge in [0.1, 0.15) is 0 Å². The molecule has 0 unspecified atom stereocenters. The summed E-state index contributed by atoms with van der Waals surface area (Å²) >= 11 is 0. The van der Waals surface area contributed by atoms with Crippen LogP contribution in [0.5, 0.6) is 0 Å². The van der Waals surface area contributed by atoms with Crippen LogP contribution in [-0.2, 0) is 44.8 Å². The molecule has 0 aliphatic carbocycles. The normalized spacial score (nSPS) is 12.3. The van der Waals surface area contributed by atoms with Crippen LogP contribution >= 0.6 is 15.8 Å². The van der Waals surface area contributed by atoms with Crippen LogP contribution in [0.25, 0.3) is 22.3 Å². The van der Waals surface area contributed by atoms with Crippen molar-refractivity contribution < 1.29 is 44.8 Å². The van der Waals surface area contributed by atoms with Crippen molar-refractivity contribution in [1.29, 1.82) is 0 Å². The maximum Gasteiger partial charge on any atom is 1.00 e. The molecule has 0 bridgehead atoms. The van der Waals surface area contributed by atoms with E-state index in [1.807, 2.05) is 12.1 Å². The van der Waals surface area contributed by atoms with Gasteiger partial charge in [-0.25, -0.2) is 0 Å². The Morgan fingerprint density at radius 1 is 0.256 bits per heavy atom. The second-order valence-electron chi connectivity index (χ2n) is 21.5. The van der Waals surface area contributed by atoms with Gasteiger partial charge in [0.15, 0.2) is 16.1 Å². The van der Waals surface area contributed by atoms with Crippen LogP contribution in [0, 0.1) is 24.7 Å². The molecule has 2 aliphatic rings. The van der Waals surface area contributed by atoms with Crippen molar-refractivity contribution in [2.75, 3.05) is 12.3 Å². The zero-order valence-electron chi connectivity index (χ0n) is 47.6. The van der Waals surface area contributed by atoms with E-state index in [1.165, 1.54) is 110 Å². The molecule has 0 amide bonds. The first kappa shape index (κ1) is 61.6. The van der Waals surface area contributed by atoms with Gasteiger partial charge in [-0.05, 0) is 125 Å². The van der Waals surface area contributed by atoms with Gasteiger partial charge in [0.2, 0.25) is 0 Å². The summed E-state index contributed by atoms with van der Waals surface area (Å²) in [5.41, 5.74) is 6.75. The fourth-order valence-electron chi connectivity index (χ4n) is 13.1. The molecule has 0 radical (unpaired) electrons. The first-order valence-corrected chi connectivity index (χ1v) is 36.5. The summed E-state index contributed by atoms with van der Waals surface area (Å²) in [4.78, 5) is 0. The summed E-state index contributed by atoms with van der Waals surface area (Å²) in [6.07, 6.45) is 20.4. The van der Waals surface area contributed by atoms with Gasteiger partial charge in [-0.15, -0.1) is 35.4 Å². The fraction of sp³-hybridized carbons (Fsp3) is 0.0500. The maximum absolute atomic E-state index is 7.58. The summed E-state index contributed by atoms with van der Waals surface area (Å²) in [7, 11) is -6.13. The molecule has 0 aromatic heterocycles. The second-order valence-corrected chi connectivity index (χ2v) is 34.1. The van der Waals surface area contributed by atoms with Gasteiger partial charge in [0, 0.05) is 0 Å². The van der Waals surface area contributed by atoms with Crippen LogP contribution in [0.4, 0.5) is 0 Å². The van der Waals surface area contributed by atoms with Crippen molar-refractivity contribution in [2.45, 2.75) is 12.8 Å². The summed E-state index contributed by atoms with van der Waals surface area (Å²) < 4.78 is 0. The Morgan fingerprint density at radius 3 is 0.756 bits per heavy atom. The molecule has 2 aliphatic heterocycles. The minimum Gasteiger partial charge on any atom is -0.366 e. The van der Waals surface area contributed by atoms with Gasteiger partial charge >= 0.3 is 44.8 Å². The van der Waals surface area contributed by atoms with E-state index in [9.17, 15) is 0 Å². The molecule has 0 spiro atoms. The van der Waals surface area contributed by atoms with E-state index in [2.05, 4.69) is 327 Å². The quantitative estimate of drug-likeness (QED) is 0.0355. The summed E-state index contributed by atoms with van der Waals surface area (Å²) in [5.74, 6) is 5.12. The molecule has 0 atom stereocenters. The third-order valence-corrected chi connectivity index (χ3v) is 32.4. The summed E-state index contributed by atoms with van der Waals surface area (Å²) in [5, 5.41) is 17.4. The standard InChI is InChI=1S/C28H28P2.2C26H17Si.2Au/c1-5-15-25(16-6-1)29(26-17-7-2-8-18-26)23-13-14-24-30(27-19-9-3-10-20-27)28-21-11-4-12-22-28;2*1-2-20-17-18-26-24(19-20)23-15-9-10-16-25(23)27(26,21-11-5-3-6-12-21)22-13-7-4-8-14-22;;/h1-12,15-22H,13-14,23-24H2;2*3-19H;;/q;2*-1;2*+1/p+2. The predicted molar refractivity (Wildman–Crippen MR) is 370 cm³/mol. The third kappa shape index (κ3) is 12.4. The third-order valence-electron chi connectivity index (χ3n) is 16.8. The van der Waals surface area contributed by atoms with E-state index < -0.39 is 32.0 Å². The van der Waals surface area contributed by atoms with Crippen LogP contribution in [0.15, 0.2) is 328 Å². The molecule has 2 heterocycles. The van der Waals surface area contributed by atoms with Gasteiger partial charge in [-0.1, -0.05) is 255 Å². The van der Waals surface area contributed by atoms with Gasteiger partial charge in [-0.2, -0.15) is 0 Å². The summed E-state index contributed by atoms with van der Waals surface area (Å²) in [6.45, 7) is 0. The Bertz CT molecular complexity index is 3780. The van der Waals surface area contributed by atoms with Crippen molar-refractivity contribution in [2.24, 2.45) is 0 Å². The predicted octanol–water partition coefficient (Wildman–Crippen LogP) is 11.5. The van der Waals surface area contributed by atoms with E-state index in [4.69, 9.17) is 12.8 Å². The Kier molecular flexibility index (Phi) is 21.0. The molecule has 12 aromatic carbocycles. The van der Waals surface area contributed by atoms with Crippen molar-refractivity contribution in [3.05, 3.63) is 352 Å². The molecule has 0 saturated carbocycles. The van der Waals surface area contributed by atoms with Crippen LogP contribution in [0.1, 0.15) is 24.0 Å². The van der Waals surface area contributed by atoms with E-state index in [1.54, 1.807) is 0 Å². The Morgan fingerprint density at radius 2 is 0.488 bits per heavy atom. The van der Waals surface area contributed by atoms with Gasteiger partial charge in [0.05, 0.1) is 49.4 Å². The van der Waals surface area contributed by atoms with E-state index >= 15 is 0 Å². The van der Waals surface area contributed by atoms with Crippen molar-refractivity contribution >= 4 is 94.7 Å². The summed E-state index contributed by atoms with van der Waals surface area (Å²) in [6, 6.07) is 119. The van der Waals surface area contributed by atoms with Gasteiger partial charge in [-0.3, -0.25) is 11.8 Å². The monoisotopic (exact) mass is 1540 g/mol. The molecule has 0 saturated heterocycles. The topological polar surface area (TPSA) is 0 Å². The first-order valence-electron chi connectivity index (χ1n) is 29.1. The minimum atomic E-state index is -2.35. The van der Waals surface area contributed by atoms with Crippen LogP contribution in [0.2, 0.25) is 0 Å². The Labute approximate surface area is 545 Å². The van der Waals surface area contributed by atoms with E-state index in [0.717, 1.165) is 11.1 Å². The number of benzene rings is 12. The van der Waals surface area contributed by atoms with Gasteiger partial charge in [0.25, 0.3) is 0 Å². The van der Waals surface area contributed by atoms with Gasteiger partial charge < -0.3 is 12.8 Å². The zero-order valence-corrected chi connectivity index (χ0v) is 55.9. The number of rotatable bonds is 13. The van der Waals surface area contributed by atoms with Crippen LogP contribution < -0.4 is 62.7 Å². The smallest absolute Gasteiger partial charge is 0.366 e. The fourth-order valence-corrected chi connectivity index (χ4v) is 28.9. The molecule has 0 N–H and O–H groups in total. The minimum absolute atomic E-state index is 0. The largest absolute Gasteiger partial charge is 1.00 e. The molecule has 86 heavy (non-hydrogen) atoms. The molecular formula is C80H64Au2P2Si2+2. The molecule has 0 nitrogen and oxygen atoms in total. The van der Waals surface area contributed by atoms with Crippen molar-refractivity contribution in [3.63, 3.8) is 0 Å². The van der Waals surface area contributed by atoms with Crippen LogP contribution in [0.3, 0.4) is 0 Å². The molecule has 0 fully saturated rings. The molecule has 12 aromatic rings. The molecular weight excluding hydrogens is 1470 g/mol. The number of hydrogen-bond donors (Lipinski definition) is 0. The average molecular weight is 1540 g/mol. The average Bonchev–Trinajstić information content (AvgIpc) is 1.58. The van der Waals surface area contributed by atoms with E-state index in [-0.39, 0.29) is 44.8 Å². The van der Waals surface area contributed by atoms with E-state index in [0.29, 0.717) is 0 Å². The van der Waals surface area contributed by atoms with Crippen molar-refractivity contribution in [1.82, 2.24) is 0 Å². The molecule has 14 rings (SSSR count). The SMILES string of the molecule is [Au+].[Au+].[C-]#Cc1ccc2c(c1)-c1ccccc1[Si]2(c1ccccc1)c1ccccc1.[C-]#Cc1ccc2c(c1)-c1ccccc1[Si]2(c1ccccc1)c1ccccc1.c1ccc([PH+](CCCC[PH+](c2ccccc2)c2ccccc2)c2ccccc2)cc1. The van der Waals surface area contributed by atoms with Crippen LogP contribution in [-0.4, -0.2) is 28.5 Å². The zero-order chi connectivity index (χ0) is 57.0. The second kappa shape index (κ2) is 29.3. The number of fused-ring (bicyclic) bond motifs is 6. The molecule has 422 valence electrons. The number of hydrogen-bond acceptors (Lipinski definition) is 0. The Hall–Kier alpha value is -7.47.